The van der Waals surface area contributed by atoms with Crippen LogP contribution in [-0.2, 0) is 11.3 Å². The summed E-state index contributed by atoms with van der Waals surface area (Å²) in [5, 5.41) is 0. The summed E-state index contributed by atoms with van der Waals surface area (Å²) in [6.07, 6.45) is 0. The molecule has 0 atom stereocenters. The molecule has 0 saturated carbocycles. The van der Waals surface area contributed by atoms with Gasteiger partial charge < -0.3 is 5.73 Å². The first-order valence-electron chi connectivity index (χ1n) is 5.02. The third-order valence-corrected chi connectivity index (χ3v) is 2.45. The van der Waals surface area contributed by atoms with Crippen LogP contribution in [0.15, 0.2) is 18.2 Å². The summed E-state index contributed by atoms with van der Waals surface area (Å²) in [5.74, 6) is -0.290. The first-order chi connectivity index (χ1) is 6.99. The average molecular weight is 206 g/mol. The first kappa shape index (κ1) is 11.7. The van der Waals surface area contributed by atoms with E-state index in [4.69, 9.17) is 5.73 Å². The molecule has 82 valence electrons. The molecule has 0 bridgehead atoms. The minimum Gasteiger partial charge on any atom is -0.369 e. The molecule has 1 amide bonds. The van der Waals surface area contributed by atoms with E-state index in [1.807, 2.05) is 11.9 Å². The Labute approximate surface area is 90.9 Å². The van der Waals surface area contributed by atoms with Crippen molar-refractivity contribution in [2.75, 3.05) is 13.6 Å². The monoisotopic (exact) mass is 206 g/mol. The fourth-order valence-corrected chi connectivity index (χ4v) is 1.54. The molecular weight excluding hydrogens is 188 g/mol. The van der Waals surface area contributed by atoms with Crippen molar-refractivity contribution in [3.63, 3.8) is 0 Å². The summed E-state index contributed by atoms with van der Waals surface area (Å²) in [5.41, 5.74) is 8.90. The van der Waals surface area contributed by atoms with Gasteiger partial charge in [0.15, 0.2) is 0 Å². The molecule has 0 aromatic heterocycles. The minimum absolute atomic E-state index is 0.290. The molecule has 3 nitrogen and oxygen atoms in total. The second kappa shape index (κ2) is 4.94. The zero-order chi connectivity index (χ0) is 11.4. The van der Waals surface area contributed by atoms with E-state index in [0.717, 1.165) is 6.54 Å². The highest BCUT2D eigenvalue weighted by molar-refractivity contribution is 5.75. The molecule has 1 aromatic carbocycles. The lowest BCUT2D eigenvalue weighted by molar-refractivity contribution is -0.118. The maximum Gasteiger partial charge on any atom is 0.231 e. The molecule has 0 aliphatic heterocycles. The van der Waals surface area contributed by atoms with Crippen LogP contribution in [0.3, 0.4) is 0 Å². The van der Waals surface area contributed by atoms with Crippen LogP contribution in [0.2, 0.25) is 0 Å². The summed E-state index contributed by atoms with van der Waals surface area (Å²) in [6.45, 7) is 5.23. The van der Waals surface area contributed by atoms with Gasteiger partial charge in [0.05, 0.1) is 6.54 Å². The SMILES string of the molecule is Cc1ccc(CN(C)CC(N)=O)cc1C. The molecule has 0 spiro atoms. The van der Waals surface area contributed by atoms with Crippen molar-refractivity contribution in [3.8, 4) is 0 Å². The second-order valence-electron chi connectivity index (χ2n) is 4.06. The van der Waals surface area contributed by atoms with Crippen LogP contribution >= 0.6 is 0 Å². The highest BCUT2D eigenvalue weighted by atomic mass is 16.1. The Balaban J connectivity index is 2.64. The summed E-state index contributed by atoms with van der Waals surface area (Å²) in [6, 6.07) is 6.33. The van der Waals surface area contributed by atoms with Crippen molar-refractivity contribution in [1.29, 1.82) is 0 Å². The zero-order valence-electron chi connectivity index (χ0n) is 9.58. The molecule has 0 aliphatic rings. The zero-order valence-corrected chi connectivity index (χ0v) is 9.58. The van der Waals surface area contributed by atoms with Crippen LogP contribution in [0.4, 0.5) is 0 Å². The van der Waals surface area contributed by atoms with Gasteiger partial charge in [-0.05, 0) is 37.6 Å². The first-order valence-corrected chi connectivity index (χ1v) is 5.02. The van der Waals surface area contributed by atoms with Crippen LogP contribution in [0.25, 0.3) is 0 Å². The van der Waals surface area contributed by atoms with Crippen molar-refractivity contribution >= 4 is 5.91 Å². The van der Waals surface area contributed by atoms with Gasteiger partial charge in [-0.3, -0.25) is 9.69 Å². The van der Waals surface area contributed by atoms with Crippen LogP contribution in [0.5, 0.6) is 0 Å². The number of rotatable bonds is 4. The molecule has 0 saturated heterocycles. The van der Waals surface area contributed by atoms with Gasteiger partial charge in [-0.15, -0.1) is 0 Å². The van der Waals surface area contributed by atoms with Crippen molar-refractivity contribution in [1.82, 2.24) is 4.90 Å². The van der Waals surface area contributed by atoms with Crippen LogP contribution < -0.4 is 5.73 Å². The lowest BCUT2D eigenvalue weighted by Gasteiger charge is -2.15. The van der Waals surface area contributed by atoms with E-state index in [0.29, 0.717) is 6.54 Å². The maximum absolute atomic E-state index is 10.7. The van der Waals surface area contributed by atoms with Gasteiger partial charge >= 0.3 is 0 Å². The van der Waals surface area contributed by atoms with Gasteiger partial charge in [-0.1, -0.05) is 18.2 Å². The molecular formula is C12H18N2O. The van der Waals surface area contributed by atoms with Crippen LogP contribution in [0, 0.1) is 13.8 Å². The average Bonchev–Trinajstić information content (AvgIpc) is 2.10. The number of aryl methyl sites for hydroxylation is 2. The molecule has 0 heterocycles. The number of benzene rings is 1. The standard InChI is InChI=1S/C12H18N2O/c1-9-4-5-11(6-10(9)2)7-14(3)8-12(13)15/h4-6H,7-8H2,1-3H3,(H2,13,15). The molecule has 3 heteroatoms. The highest BCUT2D eigenvalue weighted by Gasteiger charge is 2.04. The lowest BCUT2D eigenvalue weighted by atomic mass is 10.1. The van der Waals surface area contributed by atoms with E-state index in [1.165, 1.54) is 16.7 Å². The summed E-state index contributed by atoms with van der Waals surface area (Å²) < 4.78 is 0. The van der Waals surface area contributed by atoms with Crippen LogP contribution in [-0.4, -0.2) is 24.4 Å². The van der Waals surface area contributed by atoms with E-state index in [1.54, 1.807) is 0 Å². The molecule has 1 rings (SSSR count). The molecule has 0 unspecified atom stereocenters. The van der Waals surface area contributed by atoms with Gasteiger partial charge in [-0.25, -0.2) is 0 Å². The third kappa shape index (κ3) is 3.72. The summed E-state index contributed by atoms with van der Waals surface area (Å²) in [7, 11) is 1.89. The van der Waals surface area contributed by atoms with Crippen molar-refractivity contribution in [2.24, 2.45) is 5.73 Å². The predicted octanol–water partition coefficient (Wildman–Crippen LogP) is 1.22. The number of hydrogen-bond acceptors (Lipinski definition) is 2. The van der Waals surface area contributed by atoms with E-state index in [9.17, 15) is 4.79 Å². The van der Waals surface area contributed by atoms with E-state index >= 15 is 0 Å². The fourth-order valence-electron chi connectivity index (χ4n) is 1.54. The highest BCUT2D eigenvalue weighted by Crippen LogP contribution is 2.11. The van der Waals surface area contributed by atoms with E-state index in [-0.39, 0.29) is 5.91 Å². The molecule has 2 N–H and O–H groups in total. The summed E-state index contributed by atoms with van der Waals surface area (Å²) >= 11 is 0. The Morgan fingerprint density at radius 2 is 2.00 bits per heavy atom. The smallest absolute Gasteiger partial charge is 0.231 e. The minimum atomic E-state index is -0.290. The number of nitrogens with two attached hydrogens (primary N) is 1. The number of primary amides is 1. The van der Waals surface area contributed by atoms with Gasteiger partial charge in [0.1, 0.15) is 0 Å². The Hall–Kier alpha value is -1.35. The van der Waals surface area contributed by atoms with Gasteiger partial charge in [-0.2, -0.15) is 0 Å². The molecule has 0 radical (unpaired) electrons. The Kier molecular flexibility index (Phi) is 3.86. The number of carbonyl (C=O) groups is 1. The van der Waals surface area contributed by atoms with E-state index in [2.05, 4.69) is 32.0 Å². The van der Waals surface area contributed by atoms with Gasteiger partial charge in [0.25, 0.3) is 0 Å². The van der Waals surface area contributed by atoms with Crippen molar-refractivity contribution < 1.29 is 4.79 Å². The number of amides is 1. The predicted molar refractivity (Wildman–Crippen MR) is 61.4 cm³/mol. The Bertz CT molecular complexity index is 361. The Morgan fingerprint density at radius 1 is 1.33 bits per heavy atom. The second-order valence-corrected chi connectivity index (χ2v) is 4.06. The quantitative estimate of drug-likeness (QED) is 0.805. The Morgan fingerprint density at radius 3 is 2.53 bits per heavy atom. The molecule has 15 heavy (non-hydrogen) atoms. The lowest BCUT2D eigenvalue weighted by Crippen LogP contribution is -2.30. The normalized spacial score (nSPS) is 10.7. The van der Waals surface area contributed by atoms with E-state index < -0.39 is 0 Å². The fraction of sp³-hybridized carbons (Fsp3) is 0.417. The van der Waals surface area contributed by atoms with Gasteiger partial charge in [0.2, 0.25) is 5.91 Å². The third-order valence-electron chi connectivity index (χ3n) is 2.45. The number of nitrogens with zero attached hydrogens (tertiary/aromatic N) is 1. The van der Waals surface area contributed by atoms with Gasteiger partial charge in [0, 0.05) is 6.54 Å². The van der Waals surface area contributed by atoms with Crippen molar-refractivity contribution in [2.45, 2.75) is 20.4 Å². The topological polar surface area (TPSA) is 46.3 Å². The molecule has 0 fully saturated rings. The van der Waals surface area contributed by atoms with Crippen LogP contribution in [0.1, 0.15) is 16.7 Å². The van der Waals surface area contributed by atoms with Crippen molar-refractivity contribution in [3.05, 3.63) is 34.9 Å². The largest absolute Gasteiger partial charge is 0.369 e. The molecule has 1 aromatic rings. The maximum atomic E-state index is 10.7. The molecule has 0 aliphatic carbocycles. The summed E-state index contributed by atoms with van der Waals surface area (Å²) in [4.78, 5) is 12.6. The number of carbonyl (C=O) groups excluding carboxylic acids is 1. The number of likely N-dealkylation sites (N-methyl/N-ethyl adjacent to an activating group) is 1. The number of hydrogen-bond donors (Lipinski definition) is 1.